The molecule has 0 saturated carbocycles. The van der Waals surface area contributed by atoms with Gasteiger partial charge in [0.15, 0.2) is 0 Å². The maximum absolute atomic E-state index is 10.6. The molecule has 0 aliphatic rings. The first kappa shape index (κ1) is 20.3. The normalized spacial score (nSPS) is 12.9. The number of hydrogen-bond donors (Lipinski definition) is 4. The van der Waals surface area contributed by atoms with Gasteiger partial charge >= 0.3 is 34.3 Å². The van der Waals surface area contributed by atoms with E-state index >= 15 is 0 Å². The molecule has 0 amide bonds. The van der Waals surface area contributed by atoms with Crippen LogP contribution >= 0.6 is 0 Å². The molecule has 0 spiro atoms. The van der Waals surface area contributed by atoms with E-state index in [1.165, 1.54) is 0 Å². The fraction of sp³-hybridized carbons (Fsp3) is 0.750. The van der Waals surface area contributed by atoms with Crippen LogP contribution in [0.4, 0.5) is 0 Å². The molecule has 0 aromatic carbocycles. The summed E-state index contributed by atoms with van der Waals surface area (Å²) in [6, 6.07) is -1.55. The average molecular weight is 381 g/mol. The third-order valence-electron chi connectivity index (χ3n) is 1.84. The van der Waals surface area contributed by atoms with Crippen LogP contribution in [0, 0.1) is 0 Å². The summed E-state index contributed by atoms with van der Waals surface area (Å²) in [6.45, 7) is 0.652. The van der Waals surface area contributed by atoms with Crippen LogP contribution in [0.3, 0.4) is 0 Å². The van der Waals surface area contributed by atoms with Crippen molar-refractivity contribution in [2.75, 3.05) is 24.6 Å². The first-order valence-electron chi connectivity index (χ1n) is 4.77. The van der Waals surface area contributed by atoms with Gasteiger partial charge in [0, 0.05) is 13.1 Å². The number of nitrogens with one attached hydrogen (secondary N) is 2. The predicted octanol–water partition coefficient (Wildman–Crippen LogP) is -1.96. The molecule has 2 atom stereocenters. The first-order chi connectivity index (χ1) is 8.52. The average Bonchev–Trinajstić information content (AvgIpc) is 2.35. The van der Waals surface area contributed by atoms with Crippen LogP contribution in [0.25, 0.3) is 0 Å². The molecule has 7 nitrogen and oxygen atoms in total. The van der Waals surface area contributed by atoms with E-state index in [2.05, 4.69) is 35.9 Å². The van der Waals surface area contributed by atoms with Crippen LogP contribution in [0.5, 0.6) is 0 Å². The van der Waals surface area contributed by atoms with Crippen LogP contribution in [0.15, 0.2) is 0 Å². The van der Waals surface area contributed by atoms with E-state index in [0.717, 1.165) is 18.9 Å². The molecule has 0 radical (unpaired) electrons. The molecule has 0 fully saturated rings. The molecule has 0 heterocycles. The second-order valence-corrected chi connectivity index (χ2v) is 3.69. The van der Waals surface area contributed by atoms with Crippen molar-refractivity contribution in [3.63, 3.8) is 0 Å². The van der Waals surface area contributed by atoms with Crippen molar-refractivity contribution in [3.8, 4) is 0 Å². The van der Waals surface area contributed by atoms with Crippen molar-refractivity contribution in [1.82, 2.24) is 10.6 Å². The molecule has 10 heteroatoms. The quantitative estimate of drug-likeness (QED) is 0.267. The molecular weight excluding hydrogens is 367 g/mol. The van der Waals surface area contributed by atoms with Gasteiger partial charge in [-0.15, -0.1) is 11.5 Å². The standard InChI is InChI=1S/C8H16N2O4S2.O.Tc/c11-7(12)5(3-15)9-1-2-10-6(4-16)8(13)14;;/h5-6,9-10,15-16H,1-4H2,(H,11,12)(H,13,14);;/q;;+2/p-2/t5-,6?;;/m1../s1/i;;1+1. The fourth-order valence-electron chi connectivity index (χ4n) is 0.928. The van der Waals surface area contributed by atoms with Gasteiger partial charge in [-0.2, -0.15) is 0 Å². The topological polar surface area (TPSA) is 116 Å². The van der Waals surface area contributed by atoms with Gasteiger partial charge in [0.1, 0.15) is 0 Å². The van der Waals surface area contributed by atoms with E-state index in [-0.39, 0.29) is 11.5 Å². The summed E-state index contributed by atoms with van der Waals surface area (Å²) in [5, 5.41) is 22.7. The third-order valence-corrected chi connectivity index (χ3v) is 2.50. The summed E-state index contributed by atoms with van der Waals surface area (Å²) >= 11 is 10.2. The third kappa shape index (κ3) is 9.98. The molecule has 1 unspecified atom stereocenters. The number of carboxylic acid groups (broad SMARTS) is 2. The molecule has 0 aromatic rings. The van der Waals surface area contributed by atoms with Crippen molar-refractivity contribution in [1.29, 1.82) is 0 Å². The van der Waals surface area contributed by atoms with Crippen molar-refractivity contribution in [2.24, 2.45) is 0 Å². The summed E-state index contributed by atoms with van der Waals surface area (Å²) in [7, 11) is 0. The van der Waals surface area contributed by atoms with Crippen molar-refractivity contribution < 1.29 is 42.2 Å². The molecule has 0 aliphatic heterocycles. The van der Waals surface area contributed by atoms with Gasteiger partial charge in [-0.25, -0.2) is 0 Å². The van der Waals surface area contributed by atoms with Crippen molar-refractivity contribution in [2.45, 2.75) is 12.1 Å². The van der Waals surface area contributed by atoms with E-state index in [0.29, 0.717) is 13.1 Å². The van der Waals surface area contributed by atoms with Gasteiger partial charge < -0.3 is 46.1 Å². The minimum atomic E-state index is -1.01. The van der Waals surface area contributed by atoms with Crippen LogP contribution in [-0.4, -0.2) is 58.8 Å². The monoisotopic (exact) mass is 381 g/mol. The van der Waals surface area contributed by atoms with Gasteiger partial charge in [0.05, 0.1) is 12.1 Å². The summed E-state index contributed by atoms with van der Waals surface area (Å²) in [4.78, 5) is 21.1. The van der Waals surface area contributed by atoms with Crippen LogP contribution in [0.1, 0.15) is 0 Å². The van der Waals surface area contributed by atoms with E-state index in [4.69, 9.17) is 13.7 Å². The molecule has 0 aromatic heterocycles. The van der Waals surface area contributed by atoms with Gasteiger partial charge in [0.2, 0.25) is 0 Å². The van der Waals surface area contributed by atoms with Crippen molar-refractivity contribution >= 4 is 37.2 Å². The zero-order valence-corrected chi connectivity index (χ0v) is 12.8. The van der Waals surface area contributed by atoms with E-state index in [1.807, 2.05) is 0 Å². The second kappa shape index (κ2) is 13.4. The number of hydrogen-bond acceptors (Lipinski definition) is 7. The second-order valence-electron chi connectivity index (χ2n) is 3.02. The number of aliphatic carboxylic acids is 2. The SMILES string of the molecule is O=C(O)C(C[S-])NCCN[C@H](C[S-])C(=O)O.[O]=[99Tc+2]. The molecule has 0 rings (SSSR count). The summed E-state index contributed by atoms with van der Waals surface area (Å²) in [5.74, 6) is -1.88. The summed E-state index contributed by atoms with van der Waals surface area (Å²) in [6.07, 6.45) is 0. The van der Waals surface area contributed by atoms with Gasteiger partial charge in [-0.05, 0) is 0 Å². The predicted molar refractivity (Wildman–Crippen MR) is 64.0 cm³/mol. The Morgan fingerprint density at radius 3 is 1.39 bits per heavy atom. The van der Waals surface area contributed by atoms with E-state index in [1.54, 1.807) is 0 Å². The molecule has 0 aliphatic carbocycles. The van der Waals surface area contributed by atoms with Crippen LogP contribution in [0.2, 0.25) is 0 Å². The Morgan fingerprint density at radius 2 is 1.22 bits per heavy atom. The van der Waals surface area contributed by atoms with Crippen LogP contribution < -0.4 is 10.6 Å². The summed E-state index contributed by atoms with van der Waals surface area (Å²) < 4.78 is 8.22. The van der Waals surface area contributed by atoms with Crippen molar-refractivity contribution in [3.05, 3.63) is 0 Å². The van der Waals surface area contributed by atoms with E-state index < -0.39 is 24.0 Å². The first-order valence-corrected chi connectivity index (χ1v) is 6.68. The number of carboxylic acids is 2. The Kier molecular flexibility index (Phi) is 15.2. The zero-order valence-electron chi connectivity index (χ0n) is 9.30. The Balaban J connectivity index is 0. The molecule has 0 bridgehead atoms. The number of rotatable bonds is 9. The molecule has 105 valence electrons. The molecule has 0 saturated heterocycles. The van der Waals surface area contributed by atoms with Gasteiger partial charge in [-0.1, -0.05) is 0 Å². The maximum atomic E-state index is 10.6. The van der Waals surface area contributed by atoms with E-state index in [9.17, 15) is 9.59 Å². The van der Waals surface area contributed by atoms with Gasteiger partial charge in [0.25, 0.3) is 0 Å². The number of carbonyl (C=O) groups is 2. The zero-order chi connectivity index (χ0) is 14.6. The summed E-state index contributed by atoms with van der Waals surface area (Å²) in [5.41, 5.74) is 0. The fourth-order valence-corrected chi connectivity index (χ4v) is 1.45. The Labute approximate surface area is 126 Å². The van der Waals surface area contributed by atoms with Crippen LogP contribution in [-0.2, 0) is 57.2 Å². The Bertz CT molecular complexity index is 236. The Hall–Kier alpha value is 0.00935. The minimum absolute atomic E-state index is 0.0682. The molecule has 4 N–H and O–H groups in total. The molecular formula is C8H14N2O5S2Tc. The Morgan fingerprint density at radius 1 is 0.944 bits per heavy atom. The molecule has 18 heavy (non-hydrogen) atoms. The van der Waals surface area contributed by atoms with Gasteiger partial charge in [-0.3, -0.25) is 9.59 Å².